The fourth-order valence-electron chi connectivity index (χ4n) is 1.44. The predicted molar refractivity (Wildman–Crippen MR) is 83.6 cm³/mol. The van der Waals surface area contributed by atoms with Crippen LogP contribution in [0.1, 0.15) is 6.42 Å². The summed E-state index contributed by atoms with van der Waals surface area (Å²) in [6, 6.07) is 7.12. The van der Waals surface area contributed by atoms with E-state index in [2.05, 4.69) is 5.32 Å². The van der Waals surface area contributed by atoms with Gasteiger partial charge in [-0.2, -0.15) is 11.8 Å². The summed E-state index contributed by atoms with van der Waals surface area (Å²) in [6.07, 6.45) is 0.337. The zero-order valence-corrected chi connectivity index (χ0v) is 12.8. The third kappa shape index (κ3) is 8.21. The molecule has 2 amide bonds. The Hall–Kier alpha value is -1.73. The number of primary amides is 1. The zero-order chi connectivity index (χ0) is 15.5. The molecule has 6 nitrogen and oxygen atoms in total. The molecule has 1 rings (SSSR count). The van der Waals surface area contributed by atoms with Crippen LogP contribution in [0.15, 0.2) is 24.3 Å². The van der Waals surface area contributed by atoms with Crippen molar-refractivity contribution in [2.75, 3.05) is 37.1 Å². The lowest BCUT2D eigenvalue weighted by molar-refractivity contribution is -0.116. The molecule has 21 heavy (non-hydrogen) atoms. The number of ether oxygens (including phenoxy) is 2. The number of nitrogens with two attached hydrogens (primary N) is 1. The van der Waals surface area contributed by atoms with Gasteiger partial charge < -0.3 is 20.5 Å². The minimum Gasteiger partial charge on any atom is -0.491 e. The molecule has 0 atom stereocenters. The normalized spacial score (nSPS) is 10.1. The highest BCUT2D eigenvalue weighted by molar-refractivity contribution is 7.99. The van der Waals surface area contributed by atoms with Gasteiger partial charge in [-0.1, -0.05) is 0 Å². The number of amides is 2. The zero-order valence-electron chi connectivity index (χ0n) is 12.0. The Morgan fingerprint density at radius 3 is 2.57 bits per heavy atom. The number of anilines is 1. The summed E-state index contributed by atoms with van der Waals surface area (Å²) in [7, 11) is 1.61. The Balaban J connectivity index is 2.27. The first-order valence-electron chi connectivity index (χ1n) is 6.49. The van der Waals surface area contributed by atoms with Crippen molar-refractivity contribution in [3.05, 3.63) is 24.3 Å². The van der Waals surface area contributed by atoms with E-state index in [0.717, 1.165) is 5.75 Å². The van der Waals surface area contributed by atoms with Crippen LogP contribution in [0.2, 0.25) is 0 Å². The average molecular weight is 312 g/mol. The third-order valence-electron chi connectivity index (χ3n) is 2.41. The number of rotatable bonds is 10. The molecule has 3 N–H and O–H groups in total. The maximum atomic E-state index is 11.7. The van der Waals surface area contributed by atoms with Gasteiger partial charge in [-0.3, -0.25) is 9.59 Å². The van der Waals surface area contributed by atoms with E-state index < -0.39 is 0 Å². The quantitative estimate of drug-likeness (QED) is 0.635. The molecule has 0 saturated carbocycles. The van der Waals surface area contributed by atoms with Gasteiger partial charge in [0, 0.05) is 25.0 Å². The molecule has 0 spiro atoms. The van der Waals surface area contributed by atoms with Crippen molar-refractivity contribution in [2.45, 2.75) is 6.42 Å². The average Bonchev–Trinajstić information content (AvgIpc) is 2.45. The first kappa shape index (κ1) is 17.3. The molecule has 0 aromatic heterocycles. The van der Waals surface area contributed by atoms with E-state index in [1.54, 1.807) is 31.4 Å². The lowest BCUT2D eigenvalue weighted by atomic mass is 10.3. The van der Waals surface area contributed by atoms with Crippen LogP contribution in [0.5, 0.6) is 5.75 Å². The first-order chi connectivity index (χ1) is 10.1. The van der Waals surface area contributed by atoms with Crippen molar-refractivity contribution in [2.24, 2.45) is 5.73 Å². The van der Waals surface area contributed by atoms with Gasteiger partial charge in [0.15, 0.2) is 0 Å². The Labute approximate surface area is 128 Å². The summed E-state index contributed by atoms with van der Waals surface area (Å²) in [5, 5.41) is 2.78. The Bertz CT molecular complexity index is 451. The van der Waals surface area contributed by atoms with Crippen LogP contribution in [0.3, 0.4) is 0 Å². The molecule has 0 radical (unpaired) electrons. The van der Waals surface area contributed by atoms with Gasteiger partial charge in [-0.15, -0.1) is 0 Å². The van der Waals surface area contributed by atoms with Crippen molar-refractivity contribution in [3.8, 4) is 5.75 Å². The van der Waals surface area contributed by atoms with Crippen LogP contribution < -0.4 is 15.8 Å². The fourth-order valence-corrected chi connectivity index (χ4v) is 2.11. The molecular weight excluding hydrogens is 292 g/mol. The fraction of sp³-hybridized carbons (Fsp3) is 0.429. The van der Waals surface area contributed by atoms with E-state index in [4.69, 9.17) is 15.2 Å². The SMILES string of the molecule is COCCOc1ccc(NC(=O)CCSCC(N)=O)cc1. The summed E-state index contributed by atoms with van der Waals surface area (Å²) in [6.45, 7) is 1.01. The van der Waals surface area contributed by atoms with Gasteiger partial charge in [0.05, 0.1) is 12.4 Å². The second kappa shape index (κ2) is 10.1. The van der Waals surface area contributed by atoms with Gasteiger partial charge in [-0.05, 0) is 24.3 Å². The molecule has 1 aromatic carbocycles. The van der Waals surface area contributed by atoms with E-state index >= 15 is 0 Å². The Kier molecular flexibility index (Phi) is 8.30. The van der Waals surface area contributed by atoms with Crippen LogP contribution in [-0.4, -0.2) is 43.6 Å². The maximum Gasteiger partial charge on any atom is 0.227 e. The molecule has 0 aliphatic carbocycles. The highest BCUT2D eigenvalue weighted by Gasteiger charge is 2.03. The standard InChI is InChI=1S/C14H20N2O4S/c1-19-7-8-20-12-4-2-11(3-5-12)16-14(18)6-9-21-10-13(15)17/h2-5H,6-10H2,1H3,(H2,15,17)(H,16,18). The van der Waals surface area contributed by atoms with Crippen LogP contribution in [0, 0.1) is 0 Å². The van der Waals surface area contributed by atoms with Crippen LogP contribution in [-0.2, 0) is 14.3 Å². The minimum absolute atomic E-state index is 0.0972. The highest BCUT2D eigenvalue weighted by atomic mass is 32.2. The highest BCUT2D eigenvalue weighted by Crippen LogP contribution is 2.16. The molecule has 0 saturated heterocycles. The Morgan fingerprint density at radius 1 is 1.24 bits per heavy atom. The minimum atomic E-state index is -0.371. The smallest absolute Gasteiger partial charge is 0.227 e. The van der Waals surface area contributed by atoms with Crippen LogP contribution in [0.25, 0.3) is 0 Å². The molecular formula is C14H20N2O4S. The van der Waals surface area contributed by atoms with E-state index in [1.165, 1.54) is 11.8 Å². The summed E-state index contributed by atoms with van der Waals surface area (Å²) in [5.41, 5.74) is 5.72. The van der Waals surface area contributed by atoms with E-state index in [0.29, 0.717) is 31.1 Å². The van der Waals surface area contributed by atoms with Gasteiger partial charge in [0.1, 0.15) is 12.4 Å². The number of methoxy groups -OCH3 is 1. The molecule has 0 aliphatic heterocycles. The van der Waals surface area contributed by atoms with Crippen LogP contribution >= 0.6 is 11.8 Å². The summed E-state index contributed by atoms with van der Waals surface area (Å²) in [5.74, 6) is 1.06. The lowest BCUT2D eigenvalue weighted by Crippen LogP contribution is -2.15. The molecule has 0 aliphatic rings. The second-order valence-corrected chi connectivity index (χ2v) is 5.29. The number of hydrogen-bond acceptors (Lipinski definition) is 5. The van der Waals surface area contributed by atoms with Gasteiger partial charge in [0.25, 0.3) is 0 Å². The molecule has 116 valence electrons. The van der Waals surface area contributed by atoms with Gasteiger partial charge in [-0.25, -0.2) is 0 Å². The predicted octanol–water partition coefficient (Wildman–Crippen LogP) is 1.26. The number of thioether (sulfide) groups is 1. The monoisotopic (exact) mass is 312 g/mol. The molecule has 7 heteroatoms. The third-order valence-corrected chi connectivity index (χ3v) is 3.39. The van der Waals surface area contributed by atoms with Crippen molar-refractivity contribution in [3.63, 3.8) is 0 Å². The number of nitrogens with one attached hydrogen (secondary N) is 1. The topological polar surface area (TPSA) is 90.7 Å². The van der Waals surface area contributed by atoms with Crippen molar-refractivity contribution >= 4 is 29.3 Å². The first-order valence-corrected chi connectivity index (χ1v) is 7.65. The molecule has 0 fully saturated rings. The molecule has 0 bridgehead atoms. The van der Waals surface area contributed by atoms with Crippen molar-refractivity contribution < 1.29 is 19.1 Å². The van der Waals surface area contributed by atoms with E-state index in [-0.39, 0.29) is 17.6 Å². The van der Waals surface area contributed by atoms with Crippen molar-refractivity contribution in [1.82, 2.24) is 0 Å². The Morgan fingerprint density at radius 2 is 1.95 bits per heavy atom. The summed E-state index contributed by atoms with van der Waals surface area (Å²) >= 11 is 1.35. The molecule has 0 unspecified atom stereocenters. The number of carbonyl (C=O) groups excluding carboxylic acids is 2. The number of carbonyl (C=O) groups is 2. The molecule has 1 aromatic rings. The van der Waals surface area contributed by atoms with E-state index in [9.17, 15) is 9.59 Å². The molecule has 0 heterocycles. The van der Waals surface area contributed by atoms with E-state index in [1.807, 2.05) is 0 Å². The lowest BCUT2D eigenvalue weighted by Gasteiger charge is -2.08. The summed E-state index contributed by atoms with van der Waals surface area (Å²) < 4.78 is 10.3. The number of benzene rings is 1. The summed E-state index contributed by atoms with van der Waals surface area (Å²) in [4.78, 5) is 22.2. The van der Waals surface area contributed by atoms with Gasteiger partial charge >= 0.3 is 0 Å². The number of hydrogen-bond donors (Lipinski definition) is 2. The van der Waals surface area contributed by atoms with Gasteiger partial charge in [0.2, 0.25) is 11.8 Å². The largest absolute Gasteiger partial charge is 0.491 e. The second-order valence-electron chi connectivity index (χ2n) is 4.18. The maximum absolute atomic E-state index is 11.7. The van der Waals surface area contributed by atoms with Crippen LogP contribution in [0.4, 0.5) is 5.69 Å². The van der Waals surface area contributed by atoms with Crippen molar-refractivity contribution in [1.29, 1.82) is 0 Å².